The van der Waals surface area contributed by atoms with Crippen LogP contribution < -0.4 is 4.90 Å². The molecule has 1 aliphatic carbocycles. The van der Waals surface area contributed by atoms with Gasteiger partial charge in [0.2, 0.25) is 0 Å². The number of anilines is 1. The van der Waals surface area contributed by atoms with Crippen LogP contribution in [-0.4, -0.2) is 61.5 Å². The van der Waals surface area contributed by atoms with Crippen LogP contribution in [0.15, 0.2) is 24.3 Å². The second-order valence-electron chi connectivity index (χ2n) is 9.26. The Hall–Kier alpha value is -1.17. The quantitative estimate of drug-likeness (QED) is 0.821. The average molecular weight is 379 g/mol. The number of β-amino-alcohol motifs (C(OH)–C–C–N with tert-alkyl or cyclic N) is 1. The van der Waals surface area contributed by atoms with E-state index in [9.17, 15) is 9.50 Å². The van der Waals surface area contributed by atoms with Gasteiger partial charge in [0.05, 0.1) is 24.5 Å². The molecule has 2 aliphatic rings. The first-order valence-corrected chi connectivity index (χ1v) is 10.3. The summed E-state index contributed by atoms with van der Waals surface area (Å²) in [4.78, 5) is 4.33. The second kappa shape index (κ2) is 8.89. The van der Waals surface area contributed by atoms with Gasteiger partial charge in [0.25, 0.3) is 0 Å². The van der Waals surface area contributed by atoms with Gasteiger partial charge in [-0.2, -0.15) is 0 Å². The zero-order chi connectivity index (χ0) is 19.4. The highest BCUT2D eigenvalue weighted by atomic mass is 19.1. The van der Waals surface area contributed by atoms with Gasteiger partial charge in [0.1, 0.15) is 5.82 Å². The molecule has 2 fully saturated rings. The number of hydrogen-bond donors (Lipinski definition) is 1. The molecule has 0 amide bonds. The van der Waals surface area contributed by atoms with Crippen LogP contribution in [0.2, 0.25) is 0 Å². The maximum Gasteiger partial charge on any atom is 0.146 e. The van der Waals surface area contributed by atoms with E-state index in [1.165, 1.54) is 12.5 Å². The van der Waals surface area contributed by atoms with Crippen molar-refractivity contribution in [3.05, 3.63) is 30.1 Å². The Kier molecular flexibility index (Phi) is 6.77. The molecular formula is C22H35FN2O2. The summed E-state index contributed by atoms with van der Waals surface area (Å²) >= 11 is 0. The van der Waals surface area contributed by atoms with E-state index in [1.54, 1.807) is 6.07 Å². The van der Waals surface area contributed by atoms with E-state index in [0.717, 1.165) is 39.0 Å². The number of nitrogens with zero attached hydrogens (tertiary/aromatic N) is 2. The molecule has 1 heterocycles. The van der Waals surface area contributed by atoms with Crippen molar-refractivity contribution in [2.45, 2.75) is 52.2 Å². The third kappa shape index (κ3) is 5.90. The monoisotopic (exact) mass is 378 g/mol. The van der Waals surface area contributed by atoms with Crippen LogP contribution in [0.4, 0.5) is 10.1 Å². The van der Waals surface area contributed by atoms with Crippen LogP contribution in [0, 0.1) is 17.2 Å². The molecule has 5 heteroatoms. The number of para-hydroxylation sites is 1. The van der Waals surface area contributed by atoms with Gasteiger partial charge in [-0.1, -0.05) is 32.9 Å². The van der Waals surface area contributed by atoms with Crippen molar-refractivity contribution >= 4 is 5.69 Å². The standard InChI is InChI=1S/C22H35FN2O2/c1-17-12-19(14-22(2,3)13-17)27-16-18(26)15-24-8-10-25(11-9-24)21-7-5-4-6-20(21)23/h4-7,17-19,26H,8-16H2,1-3H3/t17-,18+,19-/m0/s1. The molecule has 1 saturated carbocycles. The van der Waals surface area contributed by atoms with Gasteiger partial charge in [-0.15, -0.1) is 0 Å². The summed E-state index contributed by atoms with van der Waals surface area (Å²) < 4.78 is 20.0. The molecule has 1 aromatic rings. The van der Waals surface area contributed by atoms with E-state index in [-0.39, 0.29) is 11.9 Å². The number of hydrogen-bond acceptors (Lipinski definition) is 4. The fourth-order valence-corrected chi connectivity index (χ4v) is 4.86. The van der Waals surface area contributed by atoms with Gasteiger partial charge < -0.3 is 14.7 Å². The number of aliphatic hydroxyl groups excluding tert-OH is 1. The number of ether oxygens (including phenoxy) is 1. The largest absolute Gasteiger partial charge is 0.389 e. The lowest BCUT2D eigenvalue weighted by Crippen LogP contribution is -2.49. The first-order chi connectivity index (χ1) is 12.8. The van der Waals surface area contributed by atoms with Gasteiger partial charge in [-0.25, -0.2) is 4.39 Å². The van der Waals surface area contributed by atoms with Gasteiger partial charge >= 0.3 is 0 Å². The minimum atomic E-state index is -0.467. The summed E-state index contributed by atoms with van der Waals surface area (Å²) in [7, 11) is 0. The fourth-order valence-electron chi connectivity index (χ4n) is 4.86. The lowest BCUT2D eigenvalue weighted by Gasteiger charge is -2.39. The van der Waals surface area contributed by atoms with Crippen LogP contribution >= 0.6 is 0 Å². The number of rotatable bonds is 6. The molecule has 3 atom stereocenters. The van der Waals surface area contributed by atoms with Crippen molar-refractivity contribution in [1.82, 2.24) is 4.90 Å². The summed E-state index contributed by atoms with van der Waals surface area (Å²) in [6, 6.07) is 6.94. The van der Waals surface area contributed by atoms with Crippen molar-refractivity contribution in [3.8, 4) is 0 Å². The second-order valence-corrected chi connectivity index (χ2v) is 9.26. The van der Waals surface area contributed by atoms with Gasteiger partial charge in [-0.3, -0.25) is 4.90 Å². The van der Waals surface area contributed by atoms with E-state index in [1.807, 2.05) is 12.1 Å². The molecule has 0 radical (unpaired) electrons. The van der Waals surface area contributed by atoms with Gasteiger partial charge in [-0.05, 0) is 42.7 Å². The average Bonchev–Trinajstić information content (AvgIpc) is 2.60. The molecule has 4 nitrogen and oxygen atoms in total. The fraction of sp³-hybridized carbons (Fsp3) is 0.727. The summed E-state index contributed by atoms with van der Waals surface area (Å²) in [6.45, 7) is 11.2. The topological polar surface area (TPSA) is 35.9 Å². The number of halogens is 1. The SMILES string of the molecule is C[C@H]1C[C@H](OC[C@H](O)CN2CCN(c3ccccc3F)CC2)CC(C)(C)C1. The Labute approximate surface area is 163 Å². The molecule has 1 saturated heterocycles. The predicted octanol–water partition coefficient (Wildman–Crippen LogP) is 3.54. The zero-order valence-electron chi connectivity index (χ0n) is 17.0. The van der Waals surface area contributed by atoms with Crippen molar-refractivity contribution in [1.29, 1.82) is 0 Å². The molecule has 3 rings (SSSR count). The van der Waals surface area contributed by atoms with E-state index in [4.69, 9.17) is 4.74 Å². The first-order valence-electron chi connectivity index (χ1n) is 10.3. The predicted molar refractivity (Wildman–Crippen MR) is 108 cm³/mol. The van der Waals surface area contributed by atoms with Crippen LogP contribution in [0.25, 0.3) is 0 Å². The van der Waals surface area contributed by atoms with E-state index >= 15 is 0 Å². The third-order valence-corrected chi connectivity index (χ3v) is 5.91. The third-order valence-electron chi connectivity index (χ3n) is 5.91. The van der Waals surface area contributed by atoms with Crippen molar-refractivity contribution in [2.75, 3.05) is 44.2 Å². The lowest BCUT2D eigenvalue weighted by molar-refractivity contribution is -0.0615. The number of piperazine rings is 1. The molecule has 0 bridgehead atoms. The van der Waals surface area contributed by atoms with Crippen LogP contribution in [0.1, 0.15) is 40.0 Å². The Morgan fingerprint density at radius 2 is 1.89 bits per heavy atom. The summed E-state index contributed by atoms with van der Waals surface area (Å²) in [5.74, 6) is 0.520. The maximum absolute atomic E-state index is 13.9. The van der Waals surface area contributed by atoms with Crippen molar-refractivity contribution < 1.29 is 14.2 Å². The van der Waals surface area contributed by atoms with Crippen molar-refractivity contribution in [2.24, 2.45) is 11.3 Å². The Morgan fingerprint density at radius 3 is 2.56 bits per heavy atom. The zero-order valence-corrected chi connectivity index (χ0v) is 17.0. The molecule has 0 spiro atoms. The van der Waals surface area contributed by atoms with Crippen molar-refractivity contribution in [3.63, 3.8) is 0 Å². The molecule has 1 aromatic carbocycles. The molecular weight excluding hydrogens is 343 g/mol. The molecule has 1 N–H and O–H groups in total. The Balaban J connectivity index is 1.39. The van der Waals surface area contributed by atoms with Crippen LogP contribution in [0.5, 0.6) is 0 Å². The van der Waals surface area contributed by atoms with E-state index in [0.29, 0.717) is 30.2 Å². The first kappa shape index (κ1) is 20.6. The maximum atomic E-state index is 13.9. The van der Waals surface area contributed by atoms with Gasteiger partial charge in [0.15, 0.2) is 0 Å². The molecule has 0 unspecified atom stereocenters. The Bertz CT molecular complexity index is 602. The van der Waals surface area contributed by atoms with Gasteiger partial charge in [0, 0.05) is 32.7 Å². The molecule has 27 heavy (non-hydrogen) atoms. The lowest BCUT2D eigenvalue weighted by atomic mass is 9.71. The summed E-state index contributed by atoms with van der Waals surface area (Å²) in [5, 5.41) is 10.4. The van der Waals surface area contributed by atoms with Crippen LogP contribution in [0.3, 0.4) is 0 Å². The van der Waals surface area contributed by atoms with E-state index < -0.39 is 6.10 Å². The van der Waals surface area contributed by atoms with E-state index in [2.05, 4.69) is 30.6 Å². The number of benzene rings is 1. The molecule has 0 aromatic heterocycles. The minimum Gasteiger partial charge on any atom is -0.389 e. The molecule has 1 aliphatic heterocycles. The highest BCUT2D eigenvalue weighted by molar-refractivity contribution is 5.47. The molecule has 152 valence electrons. The highest BCUT2D eigenvalue weighted by Crippen LogP contribution is 2.39. The normalized spacial score (nSPS) is 27.5. The minimum absolute atomic E-state index is 0.163. The Morgan fingerprint density at radius 1 is 1.19 bits per heavy atom. The summed E-state index contributed by atoms with van der Waals surface area (Å²) in [6.07, 6.45) is 3.21. The highest BCUT2D eigenvalue weighted by Gasteiger charge is 2.33. The number of aliphatic hydroxyl groups is 1. The summed E-state index contributed by atoms with van der Waals surface area (Å²) in [5.41, 5.74) is 1.01. The van der Waals surface area contributed by atoms with Crippen LogP contribution in [-0.2, 0) is 4.74 Å². The smallest absolute Gasteiger partial charge is 0.146 e.